The predicted molar refractivity (Wildman–Crippen MR) is 75.0 cm³/mol. The van der Waals surface area contributed by atoms with Crippen molar-refractivity contribution < 1.29 is 0 Å². The smallest absolute Gasteiger partial charge is 0.115 e. The van der Waals surface area contributed by atoms with Crippen LogP contribution in [0.5, 0.6) is 0 Å². The third kappa shape index (κ3) is 2.93. The summed E-state index contributed by atoms with van der Waals surface area (Å²) in [6.07, 6.45) is 6.42. The fourth-order valence-electron chi connectivity index (χ4n) is 2.04. The molecule has 6 heteroatoms. The number of aryl methyl sites for hydroxylation is 2. The van der Waals surface area contributed by atoms with Crippen molar-refractivity contribution in [2.45, 2.75) is 39.3 Å². The number of rotatable bonds is 5. The van der Waals surface area contributed by atoms with Gasteiger partial charge >= 0.3 is 0 Å². The maximum absolute atomic E-state index is 6.37. The Labute approximate surface area is 117 Å². The van der Waals surface area contributed by atoms with Crippen LogP contribution < -0.4 is 5.73 Å². The lowest BCUT2D eigenvalue weighted by Crippen LogP contribution is -2.16. The van der Waals surface area contributed by atoms with E-state index in [0.717, 1.165) is 34.9 Å². The van der Waals surface area contributed by atoms with Crippen molar-refractivity contribution in [2.24, 2.45) is 5.73 Å². The first-order valence-electron chi connectivity index (χ1n) is 6.41. The molecule has 0 saturated heterocycles. The molecule has 0 aliphatic rings. The van der Waals surface area contributed by atoms with E-state index in [1.165, 1.54) is 6.33 Å². The molecular formula is C13H18ClN5. The predicted octanol–water partition coefficient (Wildman–Crippen LogP) is 2.15. The third-order valence-electron chi connectivity index (χ3n) is 3.12. The minimum absolute atomic E-state index is 0.176. The second kappa shape index (κ2) is 6.12. The van der Waals surface area contributed by atoms with Gasteiger partial charge in [0, 0.05) is 37.0 Å². The van der Waals surface area contributed by atoms with Crippen LogP contribution in [0.1, 0.15) is 36.8 Å². The van der Waals surface area contributed by atoms with E-state index in [0.29, 0.717) is 6.42 Å². The molecule has 2 aromatic rings. The Balaban J connectivity index is 2.26. The van der Waals surface area contributed by atoms with E-state index < -0.39 is 0 Å². The van der Waals surface area contributed by atoms with Gasteiger partial charge < -0.3 is 5.73 Å². The van der Waals surface area contributed by atoms with Gasteiger partial charge in [-0.2, -0.15) is 5.10 Å². The molecule has 19 heavy (non-hydrogen) atoms. The fourth-order valence-corrected chi connectivity index (χ4v) is 2.39. The SMILES string of the molecule is CCc1nn(CC)c(CC(N)c2cncnc2)c1Cl. The van der Waals surface area contributed by atoms with Crippen LogP contribution in [0.4, 0.5) is 0 Å². The maximum Gasteiger partial charge on any atom is 0.115 e. The summed E-state index contributed by atoms with van der Waals surface area (Å²) in [6, 6.07) is -0.176. The molecule has 0 aliphatic heterocycles. The van der Waals surface area contributed by atoms with E-state index in [1.54, 1.807) is 12.4 Å². The van der Waals surface area contributed by atoms with Gasteiger partial charge in [0.1, 0.15) is 6.33 Å². The van der Waals surface area contributed by atoms with Gasteiger partial charge in [-0.3, -0.25) is 4.68 Å². The summed E-state index contributed by atoms with van der Waals surface area (Å²) in [6.45, 7) is 4.87. The van der Waals surface area contributed by atoms with Crippen molar-refractivity contribution >= 4 is 11.6 Å². The Hall–Kier alpha value is -1.46. The largest absolute Gasteiger partial charge is 0.324 e. The summed E-state index contributed by atoms with van der Waals surface area (Å²) < 4.78 is 1.92. The molecule has 2 rings (SSSR count). The molecule has 0 radical (unpaired) electrons. The molecule has 0 aliphatic carbocycles. The Morgan fingerprint density at radius 1 is 1.32 bits per heavy atom. The minimum atomic E-state index is -0.176. The highest BCUT2D eigenvalue weighted by molar-refractivity contribution is 6.31. The molecular weight excluding hydrogens is 262 g/mol. The average molecular weight is 280 g/mol. The Morgan fingerprint density at radius 2 is 2.00 bits per heavy atom. The average Bonchev–Trinajstić information content (AvgIpc) is 2.76. The molecule has 2 N–H and O–H groups in total. The van der Waals surface area contributed by atoms with Crippen LogP contribution in [0, 0.1) is 0 Å². The van der Waals surface area contributed by atoms with Gasteiger partial charge in [-0.15, -0.1) is 0 Å². The van der Waals surface area contributed by atoms with Crippen LogP contribution in [0.15, 0.2) is 18.7 Å². The van der Waals surface area contributed by atoms with Crippen LogP contribution >= 0.6 is 11.6 Å². The third-order valence-corrected chi connectivity index (χ3v) is 3.55. The summed E-state index contributed by atoms with van der Waals surface area (Å²) in [5, 5.41) is 5.22. The summed E-state index contributed by atoms with van der Waals surface area (Å²) >= 11 is 6.37. The number of hydrogen-bond acceptors (Lipinski definition) is 4. The zero-order valence-corrected chi connectivity index (χ0v) is 11.9. The lowest BCUT2D eigenvalue weighted by molar-refractivity contribution is 0.584. The molecule has 0 bridgehead atoms. The van der Waals surface area contributed by atoms with Crippen LogP contribution in [0.3, 0.4) is 0 Å². The van der Waals surface area contributed by atoms with Gasteiger partial charge in [-0.05, 0) is 13.3 Å². The first-order valence-corrected chi connectivity index (χ1v) is 6.79. The summed E-state index contributed by atoms with van der Waals surface area (Å²) in [4.78, 5) is 7.97. The molecule has 0 fully saturated rings. The zero-order chi connectivity index (χ0) is 13.8. The zero-order valence-electron chi connectivity index (χ0n) is 11.2. The lowest BCUT2D eigenvalue weighted by Gasteiger charge is -2.12. The van der Waals surface area contributed by atoms with Crippen molar-refractivity contribution in [1.29, 1.82) is 0 Å². The number of hydrogen-bond donors (Lipinski definition) is 1. The standard InChI is InChI=1S/C13H18ClN5/c1-3-11-13(14)12(19(4-2)18-11)5-10(15)9-6-16-8-17-7-9/h6-8,10H,3-5,15H2,1-2H3. The minimum Gasteiger partial charge on any atom is -0.324 e. The maximum atomic E-state index is 6.37. The van der Waals surface area contributed by atoms with E-state index in [2.05, 4.69) is 15.1 Å². The Morgan fingerprint density at radius 3 is 2.58 bits per heavy atom. The van der Waals surface area contributed by atoms with Gasteiger partial charge in [-0.1, -0.05) is 18.5 Å². The number of aromatic nitrogens is 4. The normalized spacial score (nSPS) is 12.6. The fraction of sp³-hybridized carbons (Fsp3) is 0.462. The molecule has 0 aromatic carbocycles. The second-order valence-electron chi connectivity index (χ2n) is 4.36. The monoisotopic (exact) mass is 279 g/mol. The molecule has 1 atom stereocenters. The van der Waals surface area contributed by atoms with Gasteiger partial charge in [0.15, 0.2) is 0 Å². The van der Waals surface area contributed by atoms with Crippen LogP contribution in [-0.4, -0.2) is 19.7 Å². The molecule has 1 unspecified atom stereocenters. The number of halogens is 1. The van der Waals surface area contributed by atoms with Gasteiger partial charge in [0.05, 0.1) is 16.4 Å². The second-order valence-corrected chi connectivity index (χ2v) is 4.74. The van der Waals surface area contributed by atoms with Crippen molar-refractivity contribution in [1.82, 2.24) is 19.7 Å². The van der Waals surface area contributed by atoms with Crippen molar-refractivity contribution in [2.75, 3.05) is 0 Å². The quantitative estimate of drug-likeness (QED) is 0.910. The first kappa shape index (κ1) is 14.0. The number of nitrogens with zero attached hydrogens (tertiary/aromatic N) is 4. The van der Waals surface area contributed by atoms with E-state index >= 15 is 0 Å². The first-order chi connectivity index (χ1) is 9.17. The van der Waals surface area contributed by atoms with E-state index in [-0.39, 0.29) is 6.04 Å². The summed E-state index contributed by atoms with van der Waals surface area (Å²) in [5.41, 5.74) is 9.00. The molecule has 0 spiro atoms. The topological polar surface area (TPSA) is 69.6 Å². The number of nitrogens with two attached hydrogens (primary N) is 1. The summed E-state index contributed by atoms with van der Waals surface area (Å²) in [7, 11) is 0. The van der Waals surface area contributed by atoms with Crippen LogP contribution in [0.25, 0.3) is 0 Å². The van der Waals surface area contributed by atoms with Gasteiger partial charge in [0.25, 0.3) is 0 Å². The molecule has 0 amide bonds. The van der Waals surface area contributed by atoms with E-state index in [9.17, 15) is 0 Å². The van der Waals surface area contributed by atoms with Gasteiger partial charge in [0.2, 0.25) is 0 Å². The highest BCUT2D eigenvalue weighted by atomic mass is 35.5. The molecule has 5 nitrogen and oxygen atoms in total. The Kier molecular flexibility index (Phi) is 4.50. The van der Waals surface area contributed by atoms with Crippen molar-refractivity contribution in [3.63, 3.8) is 0 Å². The molecule has 2 heterocycles. The highest BCUT2D eigenvalue weighted by Crippen LogP contribution is 2.25. The van der Waals surface area contributed by atoms with E-state index in [1.807, 2.05) is 18.5 Å². The van der Waals surface area contributed by atoms with Crippen LogP contribution in [0.2, 0.25) is 5.02 Å². The summed E-state index contributed by atoms with van der Waals surface area (Å²) in [5.74, 6) is 0. The van der Waals surface area contributed by atoms with Crippen molar-refractivity contribution in [3.8, 4) is 0 Å². The molecule has 0 saturated carbocycles. The lowest BCUT2D eigenvalue weighted by atomic mass is 10.1. The molecule has 2 aromatic heterocycles. The molecule has 102 valence electrons. The Bertz CT molecular complexity index is 537. The van der Waals surface area contributed by atoms with Gasteiger partial charge in [-0.25, -0.2) is 9.97 Å². The van der Waals surface area contributed by atoms with Crippen molar-refractivity contribution in [3.05, 3.63) is 40.7 Å². The van der Waals surface area contributed by atoms with E-state index in [4.69, 9.17) is 17.3 Å². The highest BCUT2D eigenvalue weighted by Gasteiger charge is 2.18. The van der Waals surface area contributed by atoms with Crippen LogP contribution in [-0.2, 0) is 19.4 Å².